The first-order valence-corrected chi connectivity index (χ1v) is 8.11. The Morgan fingerprint density at radius 2 is 1.95 bits per heavy atom. The van der Waals surface area contributed by atoms with Crippen molar-refractivity contribution in [2.45, 2.75) is 45.6 Å². The second-order valence-electron chi connectivity index (χ2n) is 5.99. The minimum atomic E-state index is -0.0282. The van der Waals surface area contributed by atoms with Crippen LogP contribution in [-0.2, 0) is 0 Å². The fraction of sp³-hybridized carbons (Fsp3) is 0.533. The third-order valence-corrected chi connectivity index (χ3v) is 4.97. The summed E-state index contributed by atoms with van der Waals surface area (Å²) in [6.07, 6.45) is 4.31. The maximum atomic E-state index is 12.6. The second kappa shape index (κ2) is 5.40. The number of aryl methyl sites for hydroxylation is 1. The van der Waals surface area contributed by atoms with Crippen molar-refractivity contribution in [2.24, 2.45) is 5.92 Å². The Balaban J connectivity index is 2.24. The molecule has 0 aliphatic heterocycles. The van der Waals surface area contributed by atoms with Crippen LogP contribution in [0.3, 0.4) is 0 Å². The van der Waals surface area contributed by atoms with Gasteiger partial charge in [0, 0.05) is 11.4 Å². The van der Waals surface area contributed by atoms with E-state index in [1.807, 2.05) is 11.5 Å². The molecule has 21 heavy (non-hydrogen) atoms. The Morgan fingerprint density at radius 1 is 1.29 bits per heavy atom. The molecular formula is C15H19BrN4O. The zero-order valence-corrected chi connectivity index (χ0v) is 13.9. The SMILES string of the molecule is Cc1nc(N)nc2c1cc(Br)c(=O)n2C1CCC(C)CC1. The molecule has 1 aliphatic rings. The lowest BCUT2D eigenvalue weighted by atomic mass is 9.87. The zero-order chi connectivity index (χ0) is 15.1. The number of fused-ring (bicyclic) bond motifs is 1. The van der Waals surface area contributed by atoms with E-state index in [9.17, 15) is 4.79 Å². The number of hydrogen-bond donors (Lipinski definition) is 1. The van der Waals surface area contributed by atoms with Gasteiger partial charge in [0.15, 0.2) is 0 Å². The highest BCUT2D eigenvalue weighted by Crippen LogP contribution is 2.33. The van der Waals surface area contributed by atoms with Gasteiger partial charge < -0.3 is 5.73 Å². The summed E-state index contributed by atoms with van der Waals surface area (Å²) in [7, 11) is 0. The van der Waals surface area contributed by atoms with Crippen molar-refractivity contribution in [3.63, 3.8) is 0 Å². The number of nitrogens with zero attached hydrogens (tertiary/aromatic N) is 3. The van der Waals surface area contributed by atoms with E-state index in [0.29, 0.717) is 10.1 Å². The molecule has 0 bridgehead atoms. The molecule has 0 radical (unpaired) electrons. The Hall–Kier alpha value is -1.43. The number of pyridine rings is 1. The zero-order valence-electron chi connectivity index (χ0n) is 12.3. The van der Waals surface area contributed by atoms with Crippen LogP contribution in [0.5, 0.6) is 0 Å². The largest absolute Gasteiger partial charge is 0.368 e. The van der Waals surface area contributed by atoms with Crippen LogP contribution in [-0.4, -0.2) is 14.5 Å². The van der Waals surface area contributed by atoms with Crippen LogP contribution in [0.4, 0.5) is 5.95 Å². The van der Waals surface area contributed by atoms with Gasteiger partial charge in [0.2, 0.25) is 5.95 Å². The normalized spacial score (nSPS) is 22.6. The Bertz CT molecular complexity index is 747. The molecule has 5 nitrogen and oxygen atoms in total. The van der Waals surface area contributed by atoms with E-state index in [1.54, 1.807) is 6.07 Å². The van der Waals surface area contributed by atoms with E-state index < -0.39 is 0 Å². The quantitative estimate of drug-likeness (QED) is 0.856. The third kappa shape index (κ3) is 2.57. The first-order chi connectivity index (χ1) is 9.97. The molecule has 0 spiro atoms. The molecule has 3 rings (SSSR count). The molecule has 2 aromatic rings. The molecule has 0 saturated heterocycles. The lowest BCUT2D eigenvalue weighted by molar-refractivity contribution is 0.289. The molecule has 1 aliphatic carbocycles. The highest BCUT2D eigenvalue weighted by atomic mass is 79.9. The van der Waals surface area contributed by atoms with Crippen molar-refractivity contribution in [1.29, 1.82) is 0 Å². The summed E-state index contributed by atoms with van der Waals surface area (Å²) in [6, 6.07) is 2.00. The number of nitrogens with two attached hydrogens (primary N) is 1. The summed E-state index contributed by atoms with van der Waals surface area (Å²) in [6.45, 7) is 4.16. The number of hydrogen-bond acceptors (Lipinski definition) is 4. The topological polar surface area (TPSA) is 73.8 Å². The average molecular weight is 351 g/mol. The monoisotopic (exact) mass is 350 g/mol. The highest BCUT2D eigenvalue weighted by molar-refractivity contribution is 9.10. The van der Waals surface area contributed by atoms with Gasteiger partial charge in [-0.05, 0) is 60.5 Å². The maximum Gasteiger partial charge on any atom is 0.266 e. The van der Waals surface area contributed by atoms with Crippen molar-refractivity contribution >= 4 is 32.9 Å². The minimum absolute atomic E-state index is 0.0282. The Morgan fingerprint density at radius 3 is 2.62 bits per heavy atom. The highest BCUT2D eigenvalue weighted by Gasteiger charge is 2.24. The molecule has 0 amide bonds. The van der Waals surface area contributed by atoms with Gasteiger partial charge in [-0.2, -0.15) is 4.98 Å². The first kappa shape index (κ1) is 14.5. The summed E-state index contributed by atoms with van der Waals surface area (Å²) in [5, 5.41) is 0.884. The molecule has 2 aromatic heterocycles. The number of rotatable bonds is 1. The molecule has 0 unspecified atom stereocenters. The number of aromatic nitrogens is 3. The van der Waals surface area contributed by atoms with Crippen LogP contribution in [0.2, 0.25) is 0 Å². The summed E-state index contributed by atoms with van der Waals surface area (Å²) in [5.74, 6) is 0.955. The van der Waals surface area contributed by atoms with Crippen LogP contribution in [0.25, 0.3) is 11.0 Å². The molecule has 0 aromatic carbocycles. The molecule has 112 valence electrons. The van der Waals surface area contributed by atoms with Gasteiger partial charge in [-0.1, -0.05) is 6.92 Å². The number of halogens is 1. The predicted molar refractivity (Wildman–Crippen MR) is 87.3 cm³/mol. The predicted octanol–water partition coefficient (Wildman–Crippen LogP) is 3.20. The Labute approximate surface area is 131 Å². The van der Waals surface area contributed by atoms with Crippen molar-refractivity contribution in [3.8, 4) is 0 Å². The summed E-state index contributed by atoms with van der Waals surface area (Å²) < 4.78 is 2.38. The summed E-state index contributed by atoms with van der Waals surface area (Å²) >= 11 is 3.38. The van der Waals surface area contributed by atoms with Gasteiger partial charge in [-0.3, -0.25) is 9.36 Å². The van der Waals surface area contributed by atoms with Crippen LogP contribution >= 0.6 is 15.9 Å². The smallest absolute Gasteiger partial charge is 0.266 e. The Kier molecular flexibility index (Phi) is 3.73. The standard InChI is InChI=1S/C15H19BrN4O/c1-8-3-5-10(6-4-8)20-13-11(7-12(16)14(20)21)9(2)18-15(17)19-13/h7-8,10H,3-6H2,1-2H3,(H2,17,18,19). The average Bonchev–Trinajstić information content (AvgIpc) is 2.43. The van der Waals surface area contributed by atoms with E-state index in [0.717, 1.165) is 42.7 Å². The van der Waals surface area contributed by atoms with Crippen molar-refractivity contribution in [1.82, 2.24) is 14.5 Å². The van der Waals surface area contributed by atoms with Gasteiger partial charge in [0.1, 0.15) is 5.65 Å². The minimum Gasteiger partial charge on any atom is -0.368 e. The molecule has 1 saturated carbocycles. The lowest BCUT2D eigenvalue weighted by Gasteiger charge is -2.28. The van der Waals surface area contributed by atoms with E-state index in [-0.39, 0.29) is 17.5 Å². The van der Waals surface area contributed by atoms with Crippen LogP contribution in [0, 0.1) is 12.8 Å². The summed E-state index contributed by atoms with van der Waals surface area (Å²) in [4.78, 5) is 21.1. The van der Waals surface area contributed by atoms with Crippen molar-refractivity contribution < 1.29 is 0 Å². The van der Waals surface area contributed by atoms with Gasteiger partial charge in [-0.15, -0.1) is 0 Å². The molecule has 1 fully saturated rings. The van der Waals surface area contributed by atoms with E-state index in [1.165, 1.54) is 0 Å². The van der Waals surface area contributed by atoms with Gasteiger partial charge in [0.25, 0.3) is 5.56 Å². The third-order valence-electron chi connectivity index (χ3n) is 4.41. The van der Waals surface area contributed by atoms with E-state index in [4.69, 9.17) is 5.73 Å². The van der Waals surface area contributed by atoms with Crippen LogP contribution in [0.1, 0.15) is 44.3 Å². The second-order valence-corrected chi connectivity index (χ2v) is 6.84. The number of anilines is 1. The van der Waals surface area contributed by atoms with E-state index >= 15 is 0 Å². The van der Waals surface area contributed by atoms with E-state index in [2.05, 4.69) is 32.8 Å². The maximum absolute atomic E-state index is 12.6. The van der Waals surface area contributed by atoms with Gasteiger partial charge in [0.05, 0.1) is 10.2 Å². The van der Waals surface area contributed by atoms with Crippen molar-refractivity contribution in [3.05, 3.63) is 26.6 Å². The van der Waals surface area contributed by atoms with Gasteiger partial charge >= 0.3 is 0 Å². The lowest BCUT2D eigenvalue weighted by Crippen LogP contribution is -2.29. The first-order valence-electron chi connectivity index (χ1n) is 7.32. The number of nitrogen functional groups attached to an aromatic ring is 1. The molecular weight excluding hydrogens is 332 g/mol. The fourth-order valence-corrected chi connectivity index (χ4v) is 3.60. The van der Waals surface area contributed by atoms with Crippen LogP contribution < -0.4 is 11.3 Å². The molecule has 0 atom stereocenters. The molecule has 2 heterocycles. The molecule has 2 N–H and O–H groups in total. The molecule has 6 heteroatoms. The van der Waals surface area contributed by atoms with Gasteiger partial charge in [-0.25, -0.2) is 4.98 Å². The van der Waals surface area contributed by atoms with Crippen LogP contribution in [0.15, 0.2) is 15.3 Å². The summed E-state index contributed by atoms with van der Waals surface area (Å²) in [5.41, 5.74) is 7.22. The fourth-order valence-electron chi connectivity index (χ4n) is 3.18. The van der Waals surface area contributed by atoms with Crippen molar-refractivity contribution in [2.75, 3.05) is 5.73 Å².